The maximum atomic E-state index is 11.9. The summed E-state index contributed by atoms with van der Waals surface area (Å²) in [4.78, 5) is 32.8. The number of fused-ring (bicyclic) bond motifs is 1. The normalized spacial score (nSPS) is 14.1. The van der Waals surface area contributed by atoms with E-state index in [1.165, 1.54) is 23.1 Å². The summed E-state index contributed by atoms with van der Waals surface area (Å²) in [5.74, 6) is 0.582. The van der Waals surface area contributed by atoms with Crippen LogP contribution in [0.2, 0.25) is 0 Å². The molecule has 3 N–H and O–H groups in total. The summed E-state index contributed by atoms with van der Waals surface area (Å²) in [6.45, 7) is 2.46. The SMILES string of the molecule is Cc1nc(SCC(=O)Nc2nc3c(s2)C(=O)NCCC3)n[nH]1. The number of H-pyrrole nitrogens is 1. The van der Waals surface area contributed by atoms with Crippen LogP contribution in [-0.2, 0) is 11.2 Å². The number of aromatic nitrogens is 4. The van der Waals surface area contributed by atoms with Gasteiger partial charge in [0.15, 0.2) is 5.13 Å². The van der Waals surface area contributed by atoms with Crippen molar-refractivity contribution in [3.05, 3.63) is 16.4 Å². The molecule has 0 bridgehead atoms. The quantitative estimate of drug-likeness (QED) is 0.716. The number of aromatic amines is 1. The lowest BCUT2D eigenvalue weighted by Gasteiger charge is -2.00. The van der Waals surface area contributed by atoms with Gasteiger partial charge < -0.3 is 10.6 Å². The first-order valence-corrected chi connectivity index (χ1v) is 8.51. The zero-order valence-corrected chi connectivity index (χ0v) is 13.4. The lowest BCUT2D eigenvalue weighted by Crippen LogP contribution is -2.21. The number of rotatable bonds is 4. The average Bonchev–Trinajstić information content (AvgIpc) is 3.03. The molecule has 2 amide bonds. The van der Waals surface area contributed by atoms with E-state index in [0.29, 0.717) is 27.5 Å². The van der Waals surface area contributed by atoms with Gasteiger partial charge in [-0.05, 0) is 19.8 Å². The van der Waals surface area contributed by atoms with Crippen LogP contribution >= 0.6 is 23.1 Å². The van der Waals surface area contributed by atoms with E-state index >= 15 is 0 Å². The first-order valence-electron chi connectivity index (χ1n) is 6.71. The Morgan fingerprint density at radius 2 is 2.32 bits per heavy atom. The van der Waals surface area contributed by atoms with Gasteiger partial charge in [0, 0.05) is 6.54 Å². The fraction of sp³-hybridized carbons (Fsp3) is 0.417. The largest absolute Gasteiger partial charge is 0.351 e. The van der Waals surface area contributed by atoms with E-state index in [2.05, 4.69) is 30.8 Å². The fourth-order valence-electron chi connectivity index (χ4n) is 1.96. The Morgan fingerprint density at radius 3 is 3.09 bits per heavy atom. The minimum atomic E-state index is -0.197. The third-order valence-corrected chi connectivity index (χ3v) is 4.79. The molecule has 0 radical (unpaired) electrons. The molecule has 0 unspecified atom stereocenters. The van der Waals surface area contributed by atoms with Crippen LogP contribution in [0.3, 0.4) is 0 Å². The van der Waals surface area contributed by atoms with Gasteiger partial charge >= 0.3 is 0 Å². The maximum absolute atomic E-state index is 11.9. The number of aryl methyl sites for hydroxylation is 2. The Kier molecular flexibility index (Phi) is 4.39. The number of thioether (sulfide) groups is 1. The van der Waals surface area contributed by atoms with Crippen LogP contribution in [-0.4, -0.2) is 44.3 Å². The third-order valence-electron chi connectivity index (χ3n) is 2.93. The van der Waals surface area contributed by atoms with Crippen LogP contribution in [0.25, 0.3) is 0 Å². The zero-order valence-electron chi connectivity index (χ0n) is 11.8. The second-order valence-corrected chi connectivity index (χ2v) is 6.64. The summed E-state index contributed by atoms with van der Waals surface area (Å²) in [5, 5.41) is 13.2. The van der Waals surface area contributed by atoms with Crippen LogP contribution in [0.15, 0.2) is 5.16 Å². The van der Waals surface area contributed by atoms with Crippen LogP contribution in [0.5, 0.6) is 0 Å². The summed E-state index contributed by atoms with van der Waals surface area (Å²) in [6, 6.07) is 0. The third kappa shape index (κ3) is 3.45. The molecular formula is C12H14N6O2S2. The van der Waals surface area contributed by atoms with Gasteiger partial charge in [-0.1, -0.05) is 23.1 Å². The molecule has 0 saturated carbocycles. The molecule has 3 heterocycles. The number of thiazole rings is 1. The van der Waals surface area contributed by atoms with Crippen molar-refractivity contribution in [3.63, 3.8) is 0 Å². The van der Waals surface area contributed by atoms with E-state index in [1.807, 2.05) is 0 Å². The second kappa shape index (κ2) is 6.44. The molecule has 10 heteroatoms. The molecule has 2 aromatic heterocycles. The molecule has 116 valence electrons. The Bertz CT molecular complexity index is 710. The van der Waals surface area contributed by atoms with Crippen molar-refractivity contribution in [2.75, 3.05) is 17.6 Å². The average molecular weight is 338 g/mol. The number of hydrogen-bond donors (Lipinski definition) is 3. The van der Waals surface area contributed by atoms with Gasteiger partial charge in [-0.3, -0.25) is 14.7 Å². The van der Waals surface area contributed by atoms with Gasteiger partial charge in [-0.25, -0.2) is 9.97 Å². The fourth-order valence-corrected chi connectivity index (χ4v) is 3.55. The number of anilines is 1. The van der Waals surface area contributed by atoms with Crippen molar-refractivity contribution in [1.82, 2.24) is 25.5 Å². The van der Waals surface area contributed by atoms with Crippen molar-refractivity contribution in [2.45, 2.75) is 24.9 Å². The summed E-state index contributed by atoms with van der Waals surface area (Å²) in [7, 11) is 0. The van der Waals surface area contributed by atoms with Gasteiger partial charge in [0.1, 0.15) is 10.7 Å². The molecule has 0 aromatic carbocycles. The van der Waals surface area contributed by atoms with Gasteiger partial charge in [-0.15, -0.1) is 5.10 Å². The number of nitrogens with one attached hydrogen (secondary N) is 3. The van der Waals surface area contributed by atoms with E-state index in [9.17, 15) is 9.59 Å². The number of nitrogens with zero attached hydrogens (tertiary/aromatic N) is 3. The molecule has 22 heavy (non-hydrogen) atoms. The first kappa shape index (κ1) is 15.0. The number of carbonyl (C=O) groups excluding carboxylic acids is 2. The summed E-state index contributed by atoms with van der Waals surface area (Å²) in [6.07, 6.45) is 1.60. The van der Waals surface area contributed by atoms with Gasteiger partial charge in [0.05, 0.1) is 11.4 Å². The molecular weight excluding hydrogens is 324 g/mol. The van der Waals surface area contributed by atoms with Gasteiger partial charge in [-0.2, -0.15) is 0 Å². The highest BCUT2D eigenvalue weighted by Crippen LogP contribution is 2.25. The second-order valence-electron chi connectivity index (χ2n) is 4.69. The topological polar surface area (TPSA) is 113 Å². The minimum absolute atomic E-state index is 0.115. The van der Waals surface area contributed by atoms with Crippen molar-refractivity contribution < 1.29 is 9.59 Å². The lowest BCUT2D eigenvalue weighted by atomic mass is 10.2. The van der Waals surface area contributed by atoms with Gasteiger partial charge in [0.2, 0.25) is 11.1 Å². The molecule has 2 aromatic rings. The van der Waals surface area contributed by atoms with E-state index in [4.69, 9.17) is 0 Å². The molecule has 0 aliphatic carbocycles. The molecule has 1 aliphatic heterocycles. The molecule has 0 spiro atoms. The molecule has 0 fully saturated rings. The van der Waals surface area contributed by atoms with Crippen molar-refractivity contribution >= 4 is 40.0 Å². The van der Waals surface area contributed by atoms with Crippen LogP contribution in [0.1, 0.15) is 27.6 Å². The standard InChI is InChI=1S/C12H14N6O2S2/c1-6-14-12(18-17-6)21-5-8(19)16-11-15-7-3-2-4-13-10(20)9(7)22-11/h2-5H2,1H3,(H,13,20)(H,14,17,18)(H,15,16,19). The molecule has 8 nitrogen and oxygen atoms in total. The summed E-state index contributed by atoms with van der Waals surface area (Å²) >= 11 is 2.45. The number of carbonyl (C=O) groups is 2. The van der Waals surface area contributed by atoms with E-state index in [-0.39, 0.29) is 17.6 Å². The maximum Gasteiger partial charge on any atom is 0.263 e. The highest BCUT2D eigenvalue weighted by atomic mass is 32.2. The smallest absolute Gasteiger partial charge is 0.263 e. The minimum Gasteiger partial charge on any atom is -0.351 e. The Labute approximate surface area is 134 Å². The molecule has 1 aliphatic rings. The molecule has 0 saturated heterocycles. The lowest BCUT2D eigenvalue weighted by molar-refractivity contribution is -0.113. The van der Waals surface area contributed by atoms with Crippen molar-refractivity contribution in [2.24, 2.45) is 0 Å². The highest BCUT2D eigenvalue weighted by molar-refractivity contribution is 7.99. The van der Waals surface area contributed by atoms with E-state index in [1.54, 1.807) is 6.92 Å². The van der Waals surface area contributed by atoms with Crippen molar-refractivity contribution in [3.8, 4) is 0 Å². The molecule has 3 rings (SSSR count). The van der Waals surface area contributed by atoms with Crippen LogP contribution in [0.4, 0.5) is 5.13 Å². The van der Waals surface area contributed by atoms with E-state index < -0.39 is 0 Å². The summed E-state index contributed by atoms with van der Waals surface area (Å²) < 4.78 is 0. The first-order chi connectivity index (χ1) is 10.6. The Balaban J connectivity index is 1.60. The zero-order chi connectivity index (χ0) is 15.5. The predicted molar refractivity (Wildman–Crippen MR) is 83.2 cm³/mol. The van der Waals surface area contributed by atoms with Crippen molar-refractivity contribution in [1.29, 1.82) is 0 Å². The van der Waals surface area contributed by atoms with Gasteiger partial charge in [0.25, 0.3) is 5.91 Å². The number of amides is 2. The predicted octanol–water partition coefficient (Wildman–Crippen LogP) is 0.976. The van der Waals surface area contributed by atoms with E-state index in [0.717, 1.165) is 18.5 Å². The van der Waals surface area contributed by atoms with Crippen LogP contribution < -0.4 is 10.6 Å². The monoisotopic (exact) mass is 338 g/mol. The molecule has 0 atom stereocenters. The number of hydrogen-bond acceptors (Lipinski definition) is 7. The Hall–Kier alpha value is -1.94. The Morgan fingerprint density at radius 1 is 1.45 bits per heavy atom. The van der Waals surface area contributed by atoms with Crippen LogP contribution in [0, 0.1) is 6.92 Å². The highest BCUT2D eigenvalue weighted by Gasteiger charge is 2.21. The summed E-state index contributed by atoms with van der Waals surface area (Å²) in [5.41, 5.74) is 0.757.